The second-order valence-electron chi connectivity index (χ2n) is 6.70. The molecule has 0 aliphatic heterocycles. The molecule has 3 N–H and O–H groups in total. The van der Waals surface area contributed by atoms with Crippen molar-refractivity contribution < 1.29 is 4.42 Å². The van der Waals surface area contributed by atoms with Gasteiger partial charge in [0.15, 0.2) is 5.58 Å². The molecule has 0 unspecified atom stereocenters. The topological polar surface area (TPSA) is 64.1 Å². The summed E-state index contributed by atoms with van der Waals surface area (Å²) >= 11 is 0. The van der Waals surface area contributed by atoms with E-state index in [1.54, 1.807) is 0 Å². The first-order valence-electron chi connectivity index (χ1n) is 7.42. The summed E-state index contributed by atoms with van der Waals surface area (Å²) < 4.78 is 5.78. The number of fused-ring (bicyclic) bond motifs is 1. The first-order valence-corrected chi connectivity index (χ1v) is 7.42. The molecule has 0 aliphatic carbocycles. The number of hydrogen-bond donors (Lipinski definition) is 2. The summed E-state index contributed by atoms with van der Waals surface area (Å²) in [5.74, 6) is 0.593. The van der Waals surface area contributed by atoms with Crippen molar-refractivity contribution in [2.75, 3.05) is 17.6 Å². The zero-order chi connectivity index (χ0) is 15.7. The van der Waals surface area contributed by atoms with Gasteiger partial charge in [-0.3, -0.25) is 0 Å². The van der Waals surface area contributed by atoms with Crippen LogP contribution in [0, 0.1) is 5.41 Å². The Morgan fingerprint density at radius 3 is 2.59 bits per heavy atom. The minimum atomic E-state index is 0.200. The number of nitrogen functional groups attached to an aromatic ring is 1. The molecule has 0 aliphatic rings. The van der Waals surface area contributed by atoms with Gasteiger partial charge < -0.3 is 15.5 Å². The van der Waals surface area contributed by atoms with Crippen molar-refractivity contribution in [1.29, 1.82) is 0 Å². The molecule has 0 amide bonds. The molecule has 4 heteroatoms. The molecule has 0 fully saturated rings. The molecule has 3 aromatic rings. The summed E-state index contributed by atoms with van der Waals surface area (Å²) in [6, 6.07) is 13.6. The number of benzene rings is 2. The van der Waals surface area contributed by atoms with Crippen molar-refractivity contribution in [3.63, 3.8) is 0 Å². The molecule has 0 bridgehead atoms. The van der Waals surface area contributed by atoms with Crippen LogP contribution in [0.15, 0.2) is 46.9 Å². The fraction of sp³-hybridized carbons (Fsp3) is 0.278. The molecule has 3 rings (SSSR count). The SMILES string of the molecule is CC(C)(C)CNc1ccc(-c2nc3ccccc3o2)cc1N. The van der Waals surface area contributed by atoms with Crippen molar-refractivity contribution in [1.82, 2.24) is 4.98 Å². The number of nitrogens with one attached hydrogen (secondary N) is 1. The summed E-state index contributed by atoms with van der Waals surface area (Å²) in [4.78, 5) is 4.50. The van der Waals surface area contributed by atoms with Crippen LogP contribution in [0.1, 0.15) is 20.8 Å². The van der Waals surface area contributed by atoms with Crippen LogP contribution in [0.25, 0.3) is 22.6 Å². The number of nitrogens with zero attached hydrogens (tertiary/aromatic N) is 1. The maximum atomic E-state index is 6.15. The predicted octanol–water partition coefficient (Wildman–Crippen LogP) is 4.54. The molecular formula is C18H21N3O. The lowest BCUT2D eigenvalue weighted by Gasteiger charge is -2.20. The number of hydrogen-bond acceptors (Lipinski definition) is 4. The number of para-hydroxylation sites is 2. The monoisotopic (exact) mass is 295 g/mol. The normalized spacial score (nSPS) is 11.8. The van der Waals surface area contributed by atoms with Crippen LogP contribution in [0.3, 0.4) is 0 Å². The van der Waals surface area contributed by atoms with E-state index < -0.39 is 0 Å². The van der Waals surface area contributed by atoms with Gasteiger partial charge in [0.25, 0.3) is 0 Å². The Morgan fingerprint density at radius 1 is 1.14 bits per heavy atom. The van der Waals surface area contributed by atoms with Gasteiger partial charge >= 0.3 is 0 Å². The van der Waals surface area contributed by atoms with E-state index in [-0.39, 0.29) is 5.41 Å². The van der Waals surface area contributed by atoms with E-state index >= 15 is 0 Å². The third-order valence-electron chi connectivity index (χ3n) is 3.40. The van der Waals surface area contributed by atoms with Crippen LogP contribution in [0.4, 0.5) is 11.4 Å². The minimum absolute atomic E-state index is 0.200. The third-order valence-corrected chi connectivity index (χ3v) is 3.40. The lowest BCUT2D eigenvalue weighted by atomic mass is 9.97. The zero-order valence-corrected chi connectivity index (χ0v) is 13.2. The fourth-order valence-corrected chi connectivity index (χ4v) is 2.21. The van der Waals surface area contributed by atoms with Gasteiger partial charge in [-0.25, -0.2) is 4.98 Å². The van der Waals surface area contributed by atoms with E-state index in [2.05, 4.69) is 31.1 Å². The summed E-state index contributed by atoms with van der Waals surface area (Å²) in [6.45, 7) is 7.41. The molecule has 0 radical (unpaired) electrons. The molecule has 0 atom stereocenters. The lowest BCUT2D eigenvalue weighted by Crippen LogP contribution is -2.19. The number of oxazole rings is 1. The van der Waals surface area contributed by atoms with E-state index in [1.807, 2.05) is 42.5 Å². The van der Waals surface area contributed by atoms with Crippen molar-refractivity contribution in [3.8, 4) is 11.5 Å². The molecule has 1 heterocycles. The Balaban J connectivity index is 1.88. The zero-order valence-electron chi connectivity index (χ0n) is 13.2. The number of rotatable bonds is 3. The van der Waals surface area contributed by atoms with Gasteiger partial charge in [-0.2, -0.15) is 0 Å². The first-order chi connectivity index (χ1) is 10.4. The standard InChI is InChI=1S/C18H21N3O/c1-18(2,3)11-20-14-9-8-12(10-13(14)19)17-21-15-6-4-5-7-16(15)22-17/h4-10,20H,11,19H2,1-3H3. The number of aromatic nitrogens is 1. The molecule has 0 spiro atoms. The van der Waals surface area contributed by atoms with Crippen LogP contribution in [0.2, 0.25) is 0 Å². The summed E-state index contributed by atoms with van der Waals surface area (Å²) in [5, 5.41) is 3.38. The molecule has 4 nitrogen and oxygen atoms in total. The summed E-state index contributed by atoms with van der Waals surface area (Å²) in [5.41, 5.74) is 10.5. The molecule has 2 aromatic carbocycles. The van der Waals surface area contributed by atoms with Crippen LogP contribution >= 0.6 is 0 Å². The highest BCUT2D eigenvalue weighted by molar-refractivity contribution is 5.78. The Bertz CT molecular complexity index is 766. The molecule has 0 saturated carbocycles. The fourth-order valence-electron chi connectivity index (χ4n) is 2.21. The van der Waals surface area contributed by atoms with Gasteiger partial charge in [-0.1, -0.05) is 32.9 Å². The Hall–Kier alpha value is -2.49. The van der Waals surface area contributed by atoms with Crippen LogP contribution in [-0.2, 0) is 0 Å². The highest BCUT2D eigenvalue weighted by Gasteiger charge is 2.12. The number of anilines is 2. The van der Waals surface area contributed by atoms with Gasteiger partial charge in [0, 0.05) is 12.1 Å². The van der Waals surface area contributed by atoms with E-state index in [0.29, 0.717) is 11.6 Å². The molecule has 1 aromatic heterocycles. The van der Waals surface area contributed by atoms with Gasteiger partial charge in [-0.05, 0) is 35.7 Å². The van der Waals surface area contributed by atoms with Crippen LogP contribution < -0.4 is 11.1 Å². The van der Waals surface area contributed by atoms with Crippen LogP contribution in [-0.4, -0.2) is 11.5 Å². The van der Waals surface area contributed by atoms with Gasteiger partial charge in [-0.15, -0.1) is 0 Å². The Kier molecular flexibility index (Phi) is 3.53. The van der Waals surface area contributed by atoms with Gasteiger partial charge in [0.2, 0.25) is 5.89 Å². The third kappa shape index (κ3) is 3.06. The van der Waals surface area contributed by atoms with Crippen molar-refractivity contribution in [3.05, 3.63) is 42.5 Å². The maximum absolute atomic E-state index is 6.15. The smallest absolute Gasteiger partial charge is 0.227 e. The lowest BCUT2D eigenvalue weighted by molar-refractivity contribution is 0.443. The van der Waals surface area contributed by atoms with E-state index in [9.17, 15) is 0 Å². The summed E-state index contributed by atoms with van der Waals surface area (Å²) in [6.07, 6.45) is 0. The highest BCUT2D eigenvalue weighted by Crippen LogP contribution is 2.29. The molecule has 0 saturated heterocycles. The maximum Gasteiger partial charge on any atom is 0.227 e. The van der Waals surface area contributed by atoms with Crippen molar-refractivity contribution >= 4 is 22.5 Å². The second-order valence-corrected chi connectivity index (χ2v) is 6.70. The van der Waals surface area contributed by atoms with Crippen LogP contribution in [0.5, 0.6) is 0 Å². The Labute approximate surface area is 130 Å². The second kappa shape index (κ2) is 5.37. The van der Waals surface area contributed by atoms with Crippen molar-refractivity contribution in [2.45, 2.75) is 20.8 Å². The largest absolute Gasteiger partial charge is 0.436 e. The van der Waals surface area contributed by atoms with Gasteiger partial charge in [0.1, 0.15) is 5.52 Å². The van der Waals surface area contributed by atoms with Gasteiger partial charge in [0.05, 0.1) is 11.4 Å². The van der Waals surface area contributed by atoms with E-state index in [4.69, 9.17) is 10.2 Å². The highest BCUT2D eigenvalue weighted by atomic mass is 16.3. The minimum Gasteiger partial charge on any atom is -0.436 e. The average Bonchev–Trinajstić information content (AvgIpc) is 2.89. The molecule has 22 heavy (non-hydrogen) atoms. The van der Waals surface area contributed by atoms with E-state index in [1.165, 1.54) is 0 Å². The molecule has 114 valence electrons. The quantitative estimate of drug-likeness (QED) is 0.696. The molecular weight excluding hydrogens is 274 g/mol. The van der Waals surface area contributed by atoms with E-state index in [0.717, 1.165) is 28.9 Å². The number of nitrogens with two attached hydrogens (primary N) is 1. The first kappa shape index (κ1) is 14.4. The Morgan fingerprint density at radius 2 is 1.91 bits per heavy atom. The predicted molar refractivity (Wildman–Crippen MR) is 91.8 cm³/mol. The average molecular weight is 295 g/mol. The van der Waals surface area contributed by atoms with Crippen molar-refractivity contribution in [2.24, 2.45) is 5.41 Å². The summed E-state index contributed by atoms with van der Waals surface area (Å²) in [7, 11) is 0.